The van der Waals surface area contributed by atoms with Gasteiger partial charge in [-0.3, -0.25) is 9.59 Å². The first-order valence-electron chi connectivity index (χ1n) is 5.38. The van der Waals surface area contributed by atoms with Gasteiger partial charge < -0.3 is 16.4 Å². The molecule has 0 saturated heterocycles. The van der Waals surface area contributed by atoms with E-state index in [9.17, 15) is 9.59 Å². The van der Waals surface area contributed by atoms with Crippen molar-refractivity contribution in [3.05, 3.63) is 22.8 Å². The lowest BCUT2D eigenvalue weighted by atomic mass is 10.2. The molecular formula is C11H15ClN4O2. The largest absolute Gasteiger partial charge is 0.382 e. The first-order chi connectivity index (χ1) is 8.40. The number of hydrogen-bond donors (Lipinski definition) is 3. The lowest BCUT2D eigenvalue weighted by Crippen LogP contribution is -2.39. The van der Waals surface area contributed by atoms with E-state index < -0.39 is 5.91 Å². The molecule has 0 fully saturated rings. The molecule has 0 radical (unpaired) electrons. The number of hydrogen-bond acceptors (Lipinski definition) is 4. The highest BCUT2D eigenvalue weighted by Crippen LogP contribution is 2.16. The zero-order valence-electron chi connectivity index (χ0n) is 10.2. The van der Waals surface area contributed by atoms with Gasteiger partial charge in [0.15, 0.2) is 0 Å². The monoisotopic (exact) mass is 270 g/mol. The summed E-state index contributed by atoms with van der Waals surface area (Å²) in [5.41, 5.74) is 5.68. The Labute approximate surface area is 110 Å². The van der Waals surface area contributed by atoms with Crippen molar-refractivity contribution >= 4 is 29.2 Å². The number of aromatic nitrogens is 1. The maximum atomic E-state index is 11.7. The number of carbonyl (C=O) groups is 2. The Kier molecular flexibility index (Phi) is 4.91. The number of anilines is 1. The molecule has 1 aromatic rings. The van der Waals surface area contributed by atoms with Crippen molar-refractivity contribution in [2.24, 2.45) is 0 Å². The molecule has 6 nitrogen and oxygen atoms in total. The van der Waals surface area contributed by atoms with Gasteiger partial charge in [-0.1, -0.05) is 11.6 Å². The van der Waals surface area contributed by atoms with Crippen LogP contribution in [-0.2, 0) is 4.79 Å². The van der Waals surface area contributed by atoms with Crippen molar-refractivity contribution in [1.82, 2.24) is 15.6 Å². The molecule has 2 amide bonds. The summed E-state index contributed by atoms with van der Waals surface area (Å²) >= 11 is 5.74. The normalized spacial score (nSPS) is 10.2. The van der Waals surface area contributed by atoms with Crippen molar-refractivity contribution in [3.63, 3.8) is 0 Å². The van der Waals surface area contributed by atoms with Gasteiger partial charge in [0.05, 0.1) is 17.1 Å². The van der Waals surface area contributed by atoms with Crippen molar-refractivity contribution < 1.29 is 9.59 Å². The van der Waals surface area contributed by atoms with Gasteiger partial charge in [-0.25, -0.2) is 4.98 Å². The van der Waals surface area contributed by atoms with E-state index in [0.717, 1.165) is 0 Å². The second-order valence-electron chi connectivity index (χ2n) is 4.00. The van der Waals surface area contributed by atoms with E-state index in [2.05, 4.69) is 15.6 Å². The van der Waals surface area contributed by atoms with Crippen LogP contribution in [0.15, 0.2) is 12.3 Å². The van der Waals surface area contributed by atoms with Crippen LogP contribution in [0, 0.1) is 0 Å². The van der Waals surface area contributed by atoms with Crippen LogP contribution in [0.5, 0.6) is 0 Å². The minimum atomic E-state index is -0.427. The minimum Gasteiger partial charge on any atom is -0.382 e. The highest BCUT2D eigenvalue weighted by Gasteiger charge is 2.10. The molecule has 0 atom stereocenters. The molecule has 0 aromatic carbocycles. The van der Waals surface area contributed by atoms with E-state index in [0.29, 0.717) is 0 Å². The topological polar surface area (TPSA) is 97.1 Å². The van der Waals surface area contributed by atoms with Crippen LogP contribution in [0.1, 0.15) is 24.2 Å². The van der Waals surface area contributed by atoms with Crippen LogP contribution in [-0.4, -0.2) is 29.4 Å². The van der Waals surface area contributed by atoms with E-state index in [1.165, 1.54) is 12.3 Å². The summed E-state index contributed by atoms with van der Waals surface area (Å²) in [5.74, 6) is -0.526. The molecule has 0 spiro atoms. The molecule has 0 aliphatic heterocycles. The SMILES string of the molecule is CC(C)NC(=O)CNC(=O)c1cnc(N)c(Cl)c1. The first kappa shape index (κ1) is 14.2. The summed E-state index contributed by atoms with van der Waals surface area (Å²) in [5, 5.41) is 5.32. The van der Waals surface area contributed by atoms with E-state index >= 15 is 0 Å². The number of pyridine rings is 1. The highest BCUT2D eigenvalue weighted by molar-refractivity contribution is 6.33. The standard InChI is InChI=1S/C11H15ClN4O2/c1-6(2)16-9(17)5-15-11(18)7-3-8(12)10(13)14-4-7/h3-4,6H,5H2,1-2H3,(H2,13,14)(H,15,18)(H,16,17). The van der Waals surface area contributed by atoms with E-state index in [-0.39, 0.29) is 34.9 Å². The van der Waals surface area contributed by atoms with Gasteiger partial charge in [0.1, 0.15) is 5.82 Å². The summed E-state index contributed by atoms with van der Waals surface area (Å²) in [7, 11) is 0. The molecule has 1 heterocycles. The Morgan fingerprint density at radius 1 is 1.50 bits per heavy atom. The average molecular weight is 271 g/mol. The summed E-state index contributed by atoms with van der Waals surface area (Å²) in [6.45, 7) is 3.58. The number of nitrogen functional groups attached to an aromatic ring is 1. The Balaban J connectivity index is 2.55. The molecule has 1 rings (SSSR count). The Morgan fingerprint density at radius 2 is 2.17 bits per heavy atom. The molecule has 0 aliphatic rings. The number of rotatable bonds is 4. The summed E-state index contributed by atoms with van der Waals surface area (Å²) in [4.78, 5) is 26.8. The molecule has 0 unspecified atom stereocenters. The van der Waals surface area contributed by atoms with Crippen LogP contribution < -0.4 is 16.4 Å². The van der Waals surface area contributed by atoms with E-state index in [4.69, 9.17) is 17.3 Å². The molecule has 0 bridgehead atoms. The number of nitrogens with two attached hydrogens (primary N) is 1. The zero-order valence-corrected chi connectivity index (χ0v) is 10.9. The number of carbonyl (C=O) groups excluding carboxylic acids is 2. The van der Waals surface area contributed by atoms with Gasteiger partial charge in [-0.15, -0.1) is 0 Å². The highest BCUT2D eigenvalue weighted by atomic mass is 35.5. The summed E-state index contributed by atoms with van der Waals surface area (Å²) < 4.78 is 0. The number of amides is 2. The smallest absolute Gasteiger partial charge is 0.253 e. The quantitative estimate of drug-likeness (QED) is 0.745. The van der Waals surface area contributed by atoms with Crippen LogP contribution in [0.25, 0.3) is 0 Å². The number of halogens is 1. The van der Waals surface area contributed by atoms with E-state index in [1.54, 1.807) is 0 Å². The number of nitrogens with one attached hydrogen (secondary N) is 2. The Bertz CT molecular complexity index is 462. The van der Waals surface area contributed by atoms with Crippen LogP contribution in [0.2, 0.25) is 5.02 Å². The van der Waals surface area contributed by atoms with Gasteiger partial charge in [-0.05, 0) is 19.9 Å². The maximum absolute atomic E-state index is 11.7. The van der Waals surface area contributed by atoms with Gasteiger partial charge in [0.2, 0.25) is 5.91 Å². The van der Waals surface area contributed by atoms with Gasteiger partial charge in [-0.2, -0.15) is 0 Å². The predicted octanol–water partition coefficient (Wildman–Crippen LogP) is 0.572. The molecule has 4 N–H and O–H groups in total. The fraction of sp³-hybridized carbons (Fsp3) is 0.364. The third-order valence-electron chi connectivity index (χ3n) is 1.99. The third-order valence-corrected chi connectivity index (χ3v) is 2.29. The molecule has 1 aromatic heterocycles. The fourth-order valence-corrected chi connectivity index (χ4v) is 1.37. The van der Waals surface area contributed by atoms with Gasteiger partial charge >= 0.3 is 0 Å². The molecular weight excluding hydrogens is 256 g/mol. The molecule has 0 aliphatic carbocycles. The van der Waals surface area contributed by atoms with Crippen LogP contribution in [0.4, 0.5) is 5.82 Å². The summed E-state index contributed by atoms with van der Waals surface area (Å²) in [6, 6.07) is 1.43. The molecule has 0 saturated carbocycles. The number of nitrogens with zero attached hydrogens (tertiary/aromatic N) is 1. The van der Waals surface area contributed by atoms with Crippen LogP contribution >= 0.6 is 11.6 Å². The molecule has 98 valence electrons. The van der Waals surface area contributed by atoms with Crippen molar-refractivity contribution in [3.8, 4) is 0 Å². The second kappa shape index (κ2) is 6.20. The third kappa shape index (κ3) is 4.21. The Hall–Kier alpha value is -1.82. The molecule has 7 heteroatoms. The van der Waals surface area contributed by atoms with Gasteiger partial charge in [0, 0.05) is 12.2 Å². The minimum absolute atomic E-state index is 0.0297. The average Bonchev–Trinajstić information content (AvgIpc) is 2.28. The summed E-state index contributed by atoms with van der Waals surface area (Å²) in [6.07, 6.45) is 1.30. The Morgan fingerprint density at radius 3 is 2.72 bits per heavy atom. The van der Waals surface area contributed by atoms with Crippen molar-refractivity contribution in [2.45, 2.75) is 19.9 Å². The second-order valence-corrected chi connectivity index (χ2v) is 4.40. The molecule has 18 heavy (non-hydrogen) atoms. The lowest BCUT2D eigenvalue weighted by Gasteiger charge is -2.09. The first-order valence-corrected chi connectivity index (χ1v) is 5.76. The van der Waals surface area contributed by atoms with E-state index in [1.807, 2.05) is 13.8 Å². The van der Waals surface area contributed by atoms with Crippen molar-refractivity contribution in [2.75, 3.05) is 12.3 Å². The zero-order chi connectivity index (χ0) is 13.7. The fourth-order valence-electron chi connectivity index (χ4n) is 1.21. The van der Waals surface area contributed by atoms with Crippen LogP contribution in [0.3, 0.4) is 0 Å². The van der Waals surface area contributed by atoms with Gasteiger partial charge in [0.25, 0.3) is 5.91 Å². The lowest BCUT2D eigenvalue weighted by molar-refractivity contribution is -0.120. The predicted molar refractivity (Wildman–Crippen MR) is 69.3 cm³/mol. The maximum Gasteiger partial charge on any atom is 0.253 e. The van der Waals surface area contributed by atoms with Crippen molar-refractivity contribution in [1.29, 1.82) is 0 Å².